The van der Waals surface area contributed by atoms with Gasteiger partial charge in [0.25, 0.3) is 5.56 Å². The molecule has 0 aliphatic heterocycles. The van der Waals surface area contributed by atoms with Crippen LogP contribution in [0.15, 0.2) is 81.1 Å². The van der Waals surface area contributed by atoms with Crippen LogP contribution >= 0.6 is 11.8 Å². The second-order valence-corrected chi connectivity index (χ2v) is 7.28. The molecule has 0 saturated heterocycles. The largest absolute Gasteiger partial charge is 0.463 e. The van der Waals surface area contributed by atoms with Crippen molar-refractivity contribution in [3.8, 4) is 0 Å². The van der Waals surface area contributed by atoms with E-state index in [0.29, 0.717) is 34.1 Å². The van der Waals surface area contributed by atoms with Gasteiger partial charge in [-0.15, -0.1) is 0 Å². The zero-order valence-corrected chi connectivity index (χ0v) is 16.5. The highest BCUT2D eigenvalue weighted by atomic mass is 32.2. The van der Waals surface area contributed by atoms with Gasteiger partial charge < -0.3 is 9.15 Å². The lowest BCUT2D eigenvalue weighted by molar-refractivity contribution is 0.0563. The quantitative estimate of drug-likeness (QED) is 0.272. The highest BCUT2D eigenvalue weighted by Gasteiger charge is 2.15. The fourth-order valence-corrected chi connectivity index (χ4v) is 3.86. The summed E-state index contributed by atoms with van der Waals surface area (Å²) in [6.07, 6.45) is 0. The zero-order valence-electron chi connectivity index (χ0n) is 15.7. The molecule has 0 amide bonds. The normalized spacial score (nSPS) is 10.9. The van der Waals surface area contributed by atoms with E-state index in [1.165, 1.54) is 18.9 Å². The fourth-order valence-electron chi connectivity index (χ4n) is 2.96. The second kappa shape index (κ2) is 8.36. The smallest absolute Gasteiger partial charge is 0.373 e. The van der Waals surface area contributed by atoms with Crippen LogP contribution < -0.4 is 5.56 Å². The molecule has 146 valence electrons. The number of methoxy groups -OCH3 is 1. The van der Waals surface area contributed by atoms with E-state index in [0.717, 1.165) is 5.56 Å². The van der Waals surface area contributed by atoms with Gasteiger partial charge >= 0.3 is 5.97 Å². The van der Waals surface area contributed by atoms with Crippen LogP contribution in [0.1, 0.15) is 21.9 Å². The molecule has 0 aliphatic carbocycles. The average Bonchev–Trinajstić information content (AvgIpc) is 3.24. The molecule has 2 aromatic carbocycles. The number of fused-ring (bicyclic) bond motifs is 1. The summed E-state index contributed by atoms with van der Waals surface area (Å²) in [5, 5.41) is 1.17. The van der Waals surface area contributed by atoms with Crippen molar-refractivity contribution < 1.29 is 13.9 Å². The van der Waals surface area contributed by atoms with Crippen molar-refractivity contribution in [3.63, 3.8) is 0 Å². The summed E-state index contributed by atoms with van der Waals surface area (Å²) < 4.78 is 11.9. The maximum absolute atomic E-state index is 13.1. The van der Waals surface area contributed by atoms with E-state index in [4.69, 9.17) is 9.40 Å². The van der Waals surface area contributed by atoms with E-state index in [2.05, 4.69) is 4.74 Å². The standard InChI is InChI=1S/C22H18N2O4S/c1-27-21(26)19-12-11-16(28-19)14-29-22-23-18-10-6-5-9-17(18)20(25)24(22)13-15-7-3-2-4-8-15/h2-12H,13-14H2,1H3. The molecule has 4 aromatic rings. The highest BCUT2D eigenvalue weighted by Crippen LogP contribution is 2.24. The molecule has 7 heteroatoms. The van der Waals surface area contributed by atoms with Crippen LogP contribution in [0.3, 0.4) is 0 Å². The van der Waals surface area contributed by atoms with Gasteiger partial charge in [0.2, 0.25) is 5.76 Å². The minimum Gasteiger partial charge on any atom is -0.463 e. The molecular weight excluding hydrogens is 388 g/mol. The highest BCUT2D eigenvalue weighted by molar-refractivity contribution is 7.98. The van der Waals surface area contributed by atoms with E-state index < -0.39 is 5.97 Å². The van der Waals surface area contributed by atoms with E-state index >= 15 is 0 Å². The summed E-state index contributed by atoms with van der Waals surface area (Å²) in [4.78, 5) is 29.4. The van der Waals surface area contributed by atoms with Gasteiger partial charge in [-0.2, -0.15) is 0 Å². The minimum absolute atomic E-state index is 0.0864. The number of furan rings is 1. The summed E-state index contributed by atoms with van der Waals surface area (Å²) >= 11 is 1.39. The van der Waals surface area contributed by atoms with Crippen LogP contribution in [0.5, 0.6) is 0 Å². The molecule has 29 heavy (non-hydrogen) atoms. The molecule has 0 N–H and O–H groups in total. The SMILES string of the molecule is COC(=O)c1ccc(CSc2nc3ccccc3c(=O)n2Cc2ccccc2)o1. The number of esters is 1. The van der Waals surface area contributed by atoms with Crippen molar-refractivity contribution in [1.29, 1.82) is 0 Å². The first kappa shape index (κ1) is 19.0. The molecule has 4 rings (SSSR count). The van der Waals surface area contributed by atoms with Crippen molar-refractivity contribution in [2.24, 2.45) is 0 Å². The Morgan fingerprint density at radius 1 is 1.07 bits per heavy atom. The Kier molecular flexibility index (Phi) is 5.48. The number of hydrogen-bond acceptors (Lipinski definition) is 6. The summed E-state index contributed by atoms with van der Waals surface area (Å²) in [5.74, 6) is 0.655. The summed E-state index contributed by atoms with van der Waals surface area (Å²) in [5.41, 5.74) is 1.58. The number of ether oxygens (including phenoxy) is 1. The van der Waals surface area contributed by atoms with Gasteiger partial charge in [-0.25, -0.2) is 9.78 Å². The summed E-state index contributed by atoms with van der Waals surface area (Å²) in [6.45, 7) is 0.422. The van der Waals surface area contributed by atoms with Gasteiger partial charge in [0.15, 0.2) is 5.16 Å². The third-order valence-electron chi connectivity index (χ3n) is 4.40. The number of aromatic nitrogens is 2. The third-order valence-corrected chi connectivity index (χ3v) is 5.40. The molecule has 0 saturated carbocycles. The molecule has 6 nitrogen and oxygen atoms in total. The van der Waals surface area contributed by atoms with Crippen LogP contribution in [-0.4, -0.2) is 22.6 Å². The molecule has 0 atom stereocenters. The Balaban J connectivity index is 1.68. The van der Waals surface area contributed by atoms with Crippen LogP contribution in [-0.2, 0) is 17.0 Å². The number of rotatable bonds is 6. The Labute approximate surface area is 171 Å². The van der Waals surface area contributed by atoms with Gasteiger partial charge in [0.05, 0.1) is 30.3 Å². The Hall–Kier alpha value is -3.32. The van der Waals surface area contributed by atoms with E-state index in [1.807, 2.05) is 48.5 Å². The van der Waals surface area contributed by atoms with Crippen LogP contribution in [0, 0.1) is 0 Å². The van der Waals surface area contributed by atoms with E-state index in [-0.39, 0.29) is 11.3 Å². The number of thioether (sulfide) groups is 1. The number of hydrogen-bond donors (Lipinski definition) is 0. The lowest BCUT2D eigenvalue weighted by atomic mass is 10.2. The summed E-state index contributed by atoms with van der Waals surface area (Å²) in [7, 11) is 1.31. The maximum Gasteiger partial charge on any atom is 0.373 e. The molecule has 0 radical (unpaired) electrons. The van der Waals surface area contributed by atoms with Gasteiger partial charge in [-0.1, -0.05) is 54.2 Å². The monoisotopic (exact) mass is 406 g/mol. The number of para-hydroxylation sites is 1. The Bertz CT molecular complexity index is 1210. The predicted molar refractivity (Wildman–Crippen MR) is 111 cm³/mol. The Morgan fingerprint density at radius 3 is 2.62 bits per heavy atom. The lowest BCUT2D eigenvalue weighted by Crippen LogP contribution is -2.24. The molecule has 0 bridgehead atoms. The second-order valence-electron chi connectivity index (χ2n) is 6.33. The molecule has 0 aliphatic rings. The number of carbonyl (C=O) groups is 1. The van der Waals surface area contributed by atoms with Crippen molar-refractivity contribution in [3.05, 3.63) is 94.2 Å². The topological polar surface area (TPSA) is 74.3 Å². The van der Waals surface area contributed by atoms with Crippen LogP contribution in [0.25, 0.3) is 10.9 Å². The van der Waals surface area contributed by atoms with Crippen LogP contribution in [0.4, 0.5) is 0 Å². The Morgan fingerprint density at radius 2 is 1.83 bits per heavy atom. The van der Waals surface area contributed by atoms with Crippen LogP contribution in [0.2, 0.25) is 0 Å². The molecule has 2 aromatic heterocycles. The van der Waals surface area contributed by atoms with E-state index in [1.54, 1.807) is 22.8 Å². The number of carbonyl (C=O) groups excluding carboxylic acids is 1. The lowest BCUT2D eigenvalue weighted by Gasteiger charge is -2.13. The van der Waals surface area contributed by atoms with Gasteiger partial charge in [0.1, 0.15) is 5.76 Å². The van der Waals surface area contributed by atoms with Crippen molar-refractivity contribution in [2.75, 3.05) is 7.11 Å². The third kappa shape index (κ3) is 4.09. The molecule has 0 spiro atoms. The van der Waals surface area contributed by atoms with Gasteiger partial charge in [0, 0.05) is 0 Å². The predicted octanol–water partition coefficient (Wildman–Crippen LogP) is 4.12. The van der Waals surface area contributed by atoms with Gasteiger partial charge in [-0.3, -0.25) is 9.36 Å². The molecule has 0 unspecified atom stereocenters. The minimum atomic E-state index is -0.522. The number of benzene rings is 2. The first-order chi connectivity index (χ1) is 14.2. The van der Waals surface area contributed by atoms with Crippen molar-refractivity contribution >= 4 is 28.6 Å². The molecular formula is C22H18N2O4S. The fraction of sp³-hybridized carbons (Fsp3) is 0.136. The first-order valence-corrected chi connectivity index (χ1v) is 9.97. The molecule has 2 heterocycles. The van der Waals surface area contributed by atoms with Crippen molar-refractivity contribution in [2.45, 2.75) is 17.5 Å². The average molecular weight is 406 g/mol. The zero-order chi connectivity index (χ0) is 20.2. The first-order valence-electron chi connectivity index (χ1n) is 8.99. The van der Waals surface area contributed by atoms with Crippen molar-refractivity contribution in [1.82, 2.24) is 9.55 Å². The molecule has 0 fully saturated rings. The number of nitrogens with zero attached hydrogens (tertiary/aromatic N) is 2. The summed E-state index contributed by atoms with van der Waals surface area (Å²) in [6, 6.07) is 20.4. The maximum atomic E-state index is 13.1. The van der Waals surface area contributed by atoms with Gasteiger partial charge in [-0.05, 0) is 29.8 Å². The van der Waals surface area contributed by atoms with E-state index in [9.17, 15) is 9.59 Å².